The molecule has 2 aromatic rings. The molecule has 1 amide bonds. The second-order valence-corrected chi connectivity index (χ2v) is 5.70. The SMILES string of the molecule is CCn1ccc(C(=O)N2CC(F)(F)CC2COc2cccnc2)n1. The highest BCUT2D eigenvalue weighted by Gasteiger charge is 2.47. The van der Waals surface area contributed by atoms with Gasteiger partial charge in [-0.1, -0.05) is 0 Å². The molecular formula is C16H18F2N4O2. The summed E-state index contributed by atoms with van der Waals surface area (Å²) in [6, 6.07) is 4.22. The van der Waals surface area contributed by atoms with Crippen LogP contribution in [-0.4, -0.2) is 50.7 Å². The number of carbonyl (C=O) groups is 1. The van der Waals surface area contributed by atoms with E-state index in [9.17, 15) is 13.6 Å². The van der Waals surface area contributed by atoms with Gasteiger partial charge in [-0.05, 0) is 25.1 Å². The van der Waals surface area contributed by atoms with Gasteiger partial charge >= 0.3 is 0 Å². The summed E-state index contributed by atoms with van der Waals surface area (Å²) in [6.45, 7) is 1.86. The first-order valence-electron chi connectivity index (χ1n) is 7.73. The largest absolute Gasteiger partial charge is 0.490 e. The predicted octanol–water partition coefficient (Wildman–Crippen LogP) is 2.23. The van der Waals surface area contributed by atoms with Gasteiger partial charge in [-0.2, -0.15) is 5.10 Å². The summed E-state index contributed by atoms with van der Waals surface area (Å²) in [7, 11) is 0. The Hall–Kier alpha value is -2.51. The second-order valence-electron chi connectivity index (χ2n) is 5.70. The molecule has 1 atom stereocenters. The fraction of sp³-hybridized carbons (Fsp3) is 0.438. The van der Waals surface area contributed by atoms with Gasteiger partial charge in [0.15, 0.2) is 0 Å². The summed E-state index contributed by atoms with van der Waals surface area (Å²) < 4.78 is 34.8. The number of rotatable bonds is 5. The number of amides is 1. The highest BCUT2D eigenvalue weighted by Crippen LogP contribution is 2.33. The molecule has 128 valence electrons. The van der Waals surface area contributed by atoms with Gasteiger partial charge in [0, 0.05) is 25.4 Å². The van der Waals surface area contributed by atoms with Crippen molar-refractivity contribution in [3.05, 3.63) is 42.5 Å². The van der Waals surface area contributed by atoms with Crippen LogP contribution >= 0.6 is 0 Å². The standard InChI is InChI=1S/C16H18F2N4O2/c1-2-21-7-5-14(20-21)15(23)22-11-16(17,18)8-12(22)10-24-13-4-3-6-19-9-13/h3-7,9,12H,2,8,10-11H2,1H3. The lowest BCUT2D eigenvalue weighted by Gasteiger charge is -2.23. The van der Waals surface area contributed by atoms with Gasteiger partial charge in [-0.3, -0.25) is 14.5 Å². The van der Waals surface area contributed by atoms with Crippen molar-refractivity contribution in [2.45, 2.75) is 31.9 Å². The molecule has 3 heterocycles. The molecule has 0 spiro atoms. The van der Waals surface area contributed by atoms with Crippen LogP contribution in [-0.2, 0) is 6.54 Å². The fourth-order valence-corrected chi connectivity index (χ4v) is 2.71. The van der Waals surface area contributed by atoms with E-state index in [0.717, 1.165) is 4.90 Å². The molecule has 1 aliphatic heterocycles. The van der Waals surface area contributed by atoms with Crippen LogP contribution in [0.5, 0.6) is 5.75 Å². The van der Waals surface area contributed by atoms with Crippen LogP contribution in [0.15, 0.2) is 36.8 Å². The van der Waals surface area contributed by atoms with Crippen LogP contribution in [0.25, 0.3) is 0 Å². The third-order valence-electron chi connectivity index (χ3n) is 3.90. The van der Waals surface area contributed by atoms with Gasteiger partial charge in [0.1, 0.15) is 18.1 Å². The maximum Gasteiger partial charge on any atom is 0.274 e. The van der Waals surface area contributed by atoms with Crippen LogP contribution in [0, 0.1) is 0 Å². The molecule has 2 aromatic heterocycles. The number of hydrogen-bond acceptors (Lipinski definition) is 4. The summed E-state index contributed by atoms with van der Waals surface area (Å²) in [5.74, 6) is -2.94. The molecule has 1 fully saturated rings. The van der Waals surface area contributed by atoms with Crippen molar-refractivity contribution in [1.29, 1.82) is 0 Å². The second kappa shape index (κ2) is 6.54. The number of halogens is 2. The molecule has 1 aliphatic rings. The molecular weight excluding hydrogens is 318 g/mol. The predicted molar refractivity (Wildman–Crippen MR) is 82.0 cm³/mol. The molecule has 1 saturated heterocycles. The van der Waals surface area contributed by atoms with Crippen LogP contribution in [0.4, 0.5) is 8.78 Å². The van der Waals surface area contributed by atoms with Crippen LogP contribution < -0.4 is 4.74 Å². The zero-order valence-corrected chi connectivity index (χ0v) is 13.2. The van der Waals surface area contributed by atoms with E-state index in [1.165, 1.54) is 6.20 Å². The zero-order chi connectivity index (χ0) is 17.2. The first-order valence-corrected chi connectivity index (χ1v) is 7.73. The topological polar surface area (TPSA) is 60.2 Å². The van der Waals surface area contributed by atoms with Crippen molar-refractivity contribution in [3.63, 3.8) is 0 Å². The molecule has 0 radical (unpaired) electrons. The lowest BCUT2D eigenvalue weighted by Crippen LogP contribution is -2.39. The number of aromatic nitrogens is 3. The summed E-state index contributed by atoms with van der Waals surface area (Å²) in [6.07, 6.45) is 4.33. The minimum absolute atomic E-state index is 0.0124. The van der Waals surface area contributed by atoms with Crippen molar-refractivity contribution in [3.8, 4) is 5.75 Å². The van der Waals surface area contributed by atoms with Gasteiger partial charge in [0.05, 0.1) is 18.8 Å². The van der Waals surface area contributed by atoms with Gasteiger partial charge in [-0.15, -0.1) is 0 Å². The van der Waals surface area contributed by atoms with Crippen molar-refractivity contribution in [2.24, 2.45) is 0 Å². The number of carbonyl (C=O) groups excluding carboxylic acids is 1. The fourth-order valence-electron chi connectivity index (χ4n) is 2.71. The minimum atomic E-state index is -2.92. The molecule has 0 aliphatic carbocycles. The van der Waals surface area contributed by atoms with Gasteiger partial charge in [0.2, 0.25) is 0 Å². The quantitative estimate of drug-likeness (QED) is 0.840. The van der Waals surface area contributed by atoms with E-state index in [1.54, 1.807) is 35.3 Å². The highest BCUT2D eigenvalue weighted by atomic mass is 19.3. The van der Waals surface area contributed by atoms with Crippen molar-refractivity contribution < 1.29 is 18.3 Å². The van der Waals surface area contributed by atoms with Gasteiger partial charge in [-0.25, -0.2) is 8.78 Å². The maximum absolute atomic E-state index is 13.8. The third kappa shape index (κ3) is 3.52. The molecule has 24 heavy (non-hydrogen) atoms. The van der Waals surface area contributed by atoms with E-state index in [2.05, 4.69) is 10.1 Å². The molecule has 0 saturated carbocycles. The zero-order valence-electron chi connectivity index (χ0n) is 13.2. The average Bonchev–Trinajstić information content (AvgIpc) is 3.17. The molecule has 6 nitrogen and oxygen atoms in total. The maximum atomic E-state index is 13.8. The van der Waals surface area contributed by atoms with E-state index in [4.69, 9.17) is 4.74 Å². The normalized spacial score (nSPS) is 19.5. The first kappa shape index (κ1) is 16.4. The number of hydrogen-bond donors (Lipinski definition) is 0. The number of pyridine rings is 1. The molecule has 0 bridgehead atoms. The van der Waals surface area contributed by atoms with E-state index in [-0.39, 0.29) is 12.3 Å². The van der Waals surface area contributed by atoms with Crippen LogP contribution in [0.1, 0.15) is 23.8 Å². The minimum Gasteiger partial charge on any atom is -0.490 e. The van der Waals surface area contributed by atoms with Gasteiger partial charge in [0.25, 0.3) is 11.8 Å². The Labute approximate surface area is 138 Å². The lowest BCUT2D eigenvalue weighted by atomic mass is 10.2. The van der Waals surface area contributed by atoms with E-state index < -0.39 is 30.8 Å². The smallest absolute Gasteiger partial charge is 0.274 e. The van der Waals surface area contributed by atoms with Crippen LogP contribution in [0.3, 0.4) is 0 Å². The Morgan fingerprint density at radius 1 is 1.46 bits per heavy atom. The highest BCUT2D eigenvalue weighted by molar-refractivity contribution is 5.92. The molecule has 1 unspecified atom stereocenters. The van der Waals surface area contributed by atoms with E-state index in [1.807, 2.05) is 6.92 Å². The lowest BCUT2D eigenvalue weighted by molar-refractivity contribution is 0.0115. The average molecular weight is 336 g/mol. The number of likely N-dealkylation sites (tertiary alicyclic amines) is 1. The summed E-state index contributed by atoms with van der Waals surface area (Å²) in [5, 5.41) is 4.10. The van der Waals surface area contributed by atoms with Crippen molar-refractivity contribution in [2.75, 3.05) is 13.2 Å². The number of alkyl halides is 2. The van der Waals surface area contributed by atoms with E-state index >= 15 is 0 Å². The van der Waals surface area contributed by atoms with Crippen molar-refractivity contribution in [1.82, 2.24) is 19.7 Å². The summed E-state index contributed by atoms with van der Waals surface area (Å²) in [5.41, 5.74) is 0.168. The number of ether oxygens (including phenoxy) is 1. The molecule has 8 heteroatoms. The van der Waals surface area contributed by atoms with Gasteiger partial charge < -0.3 is 9.64 Å². The molecule has 0 aromatic carbocycles. The molecule has 3 rings (SSSR count). The van der Waals surface area contributed by atoms with Crippen LogP contribution in [0.2, 0.25) is 0 Å². The Morgan fingerprint density at radius 2 is 2.29 bits per heavy atom. The number of aryl methyl sites for hydroxylation is 1. The van der Waals surface area contributed by atoms with Crippen molar-refractivity contribution >= 4 is 5.91 Å². The summed E-state index contributed by atoms with van der Waals surface area (Å²) in [4.78, 5) is 17.6. The first-order chi connectivity index (χ1) is 11.5. The Bertz CT molecular complexity index is 705. The van der Waals surface area contributed by atoms with E-state index in [0.29, 0.717) is 12.3 Å². The Balaban J connectivity index is 1.72. The Morgan fingerprint density at radius 3 is 2.96 bits per heavy atom. The summed E-state index contributed by atoms with van der Waals surface area (Å²) >= 11 is 0. The Kier molecular flexibility index (Phi) is 4.46. The number of nitrogens with zero attached hydrogens (tertiary/aromatic N) is 4. The monoisotopic (exact) mass is 336 g/mol. The third-order valence-corrected chi connectivity index (χ3v) is 3.90. The molecule has 0 N–H and O–H groups in total.